The van der Waals surface area contributed by atoms with Gasteiger partial charge in [0.1, 0.15) is 17.1 Å². The van der Waals surface area contributed by atoms with Crippen LogP contribution in [0.3, 0.4) is 0 Å². The largest absolute Gasteiger partial charge is 0.507 e. The van der Waals surface area contributed by atoms with E-state index in [2.05, 4.69) is 4.90 Å². The van der Waals surface area contributed by atoms with Crippen LogP contribution in [0.2, 0.25) is 0 Å². The van der Waals surface area contributed by atoms with E-state index in [4.69, 9.17) is 9.15 Å². The van der Waals surface area contributed by atoms with Gasteiger partial charge >= 0.3 is 0 Å². The number of carbonyl (C=O) groups excluding carboxylic acids is 2. The smallest absolute Gasteiger partial charge is 0.198 e. The third kappa shape index (κ3) is 3.02. The molecule has 0 saturated carbocycles. The minimum Gasteiger partial charge on any atom is -0.507 e. The number of hydrogen-bond donors (Lipinski definition) is 1. The van der Waals surface area contributed by atoms with Gasteiger partial charge in [-0.25, -0.2) is 0 Å². The highest BCUT2D eigenvalue weighted by Gasteiger charge is 2.37. The summed E-state index contributed by atoms with van der Waals surface area (Å²) < 4.78 is 11.1. The van der Waals surface area contributed by atoms with Crippen LogP contribution in [0.4, 0.5) is 0 Å². The highest BCUT2D eigenvalue weighted by Crippen LogP contribution is 2.45. The number of likely N-dealkylation sites (tertiary alicyclic amines) is 1. The summed E-state index contributed by atoms with van der Waals surface area (Å²) in [4.78, 5) is 29.0. The number of methoxy groups -OCH3 is 1. The van der Waals surface area contributed by atoms with Crippen molar-refractivity contribution in [1.29, 1.82) is 0 Å². The Morgan fingerprint density at radius 1 is 1.09 bits per heavy atom. The third-order valence-electron chi connectivity index (χ3n) is 6.26. The molecule has 1 aliphatic heterocycles. The quantitative estimate of drug-likeness (QED) is 0.465. The Bertz CT molecular complexity index is 1280. The van der Waals surface area contributed by atoms with E-state index in [9.17, 15) is 14.7 Å². The summed E-state index contributed by atoms with van der Waals surface area (Å²) in [5.74, 6) is -0.452. The van der Waals surface area contributed by atoms with Gasteiger partial charge in [-0.05, 0) is 31.9 Å². The van der Waals surface area contributed by atoms with Crippen molar-refractivity contribution in [2.24, 2.45) is 0 Å². The summed E-state index contributed by atoms with van der Waals surface area (Å²) in [6.07, 6.45) is 5.52. The average Bonchev–Trinajstić information content (AvgIpc) is 3.53. The van der Waals surface area contributed by atoms with Gasteiger partial charge in [0.15, 0.2) is 11.6 Å². The topological polar surface area (TPSA) is 80.0 Å². The van der Waals surface area contributed by atoms with Crippen molar-refractivity contribution in [3.05, 3.63) is 76.7 Å². The van der Waals surface area contributed by atoms with Gasteiger partial charge in [0.05, 0.1) is 29.9 Å². The number of Topliss-reactive ketones (excluding diaryl/α,β-unsaturated/α-hetero) is 2. The normalized spacial score (nSPS) is 16.2. The Hall–Kier alpha value is -3.80. The van der Waals surface area contributed by atoms with Crippen molar-refractivity contribution in [1.82, 2.24) is 4.90 Å². The van der Waals surface area contributed by atoms with Crippen LogP contribution in [0.15, 0.2) is 64.4 Å². The lowest BCUT2D eigenvalue weighted by atomic mass is 9.93. The van der Waals surface area contributed by atoms with E-state index in [0.717, 1.165) is 31.6 Å². The summed E-state index contributed by atoms with van der Waals surface area (Å²) in [6, 6.07) is 10.0. The van der Waals surface area contributed by atoms with Crippen molar-refractivity contribution in [3.63, 3.8) is 0 Å². The molecule has 162 valence electrons. The second-order valence-corrected chi connectivity index (χ2v) is 8.11. The number of ketones is 2. The predicted octanol–water partition coefficient (Wildman–Crippen LogP) is 4.98. The van der Waals surface area contributed by atoms with Crippen molar-refractivity contribution in [3.8, 4) is 11.5 Å². The number of rotatable bonds is 4. The van der Waals surface area contributed by atoms with Crippen LogP contribution in [0.1, 0.15) is 46.0 Å². The Labute approximate surface area is 185 Å². The van der Waals surface area contributed by atoms with Crippen LogP contribution in [-0.2, 0) is 0 Å². The van der Waals surface area contributed by atoms with Gasteiger partial charge in [0.25, 0.3) is 0 Å². The zero-order valence-electron chi connectivity index (χ0n) is 18.0. The standard InChI is InChI=1S/C26H23NO5/c1-15(27-10-5-6-11-27)13-19(23-24(29)16-7-3-4-8-17(16)25(23)30)22-20(28)14-21-18(9-12-32-21)26(22)31-2/h3-4,7-9,12-14,28H,5-6,10-11H2,1-2H3/b15-13+. The fourth-order valence-electron chi connectivity index (χ4n) is 4.68. The van der Waals surface area contributed by atoms with Gasteiger partial charge in [0.2, 0.25) is 0 Å². The van der Waals surface area contributed by atoms with Crippen molar-refractivity contribution >= 4 is 28.1 Å². The molecule has 5 rings (SSSR count). The maximum atomic E-state index is 13.4. The van der Waals surface area contributed by atoms with Crippen LogP contribution in [0, 0.1) is 0 Å². The predicted molar refractivity (Wildman–Crippen MR) is 121 cm³/mol. The molecule has 32 heavy (non-hydrogen) atoms. The van der Waals surface area contributed by atoms with E-state index < -0.39 is 0 Å². The van der Waals surface area contributed by atoms with Crippen LogP contribution < -0.4 is 4.74 Å². The fraction of sp³-hybridized carbons (Fsp3) is 0.231. The molecule has 1 N–H and O–H groups in total. The number of phenolic OH excluding ortho intramolecular Hbond substituents is 1. The first-order valence-corrected chi connectivity index (χ1v) is 10.6. The summed E-state index contributed by atoms with van der Waals surface area (Å²) in [7, 11) is 1.50. The first-order valence-electron chi connectivity index (χ1n) is 10.6. The number of nitrogens with zero attached hydrogens (tertiary/aromatic N) is 1. The highest BCUT2D eigenvalue weighted by atomic mass is 16.5. The Balaban J connectivity index is 1.82. The number of carbonyl (C=O) groups is 2. The van der Waals surface area contributed by atoms with Gasteiger partial charge in [-0.2, -0.15) is 0 Å². The minimum absolute atomic E-state index is 0.0428. The molecular formula is C26H23NO5. The van der Waals surface area contributed by atoms with E-state index in [1.807, 2.05) is 13.0 Å². The second-order valence-electron chi connectivity index (χ2n) is 8.11. The van der Waals surface area contributed by atoms with E-state index in [0.29, 0.717) is 39.0 Å². The number of aromatic hydroxyl groups is 1. The molecule has 0 radical (unpaired) electrons. The van der Waals surface area contributed by atoms with E-state index in [1.54, 1.807) is 30.3 Å². The zero-order valence-corrected chi connectivity index (χ0v) is 18.0. The van der Waals surface area contributed by atoms with Crippen LogP contribution in [0.25, 0.3) is 16.5 Å². The molecule has 0 atom stereocenters. The van der Waals surface area contributed by atoms with Gasteiger partial charge < -0.3 is 19.2 Å². The van der Waals surface area contributed by atoms with Crippen molar-refractivity contribution in [2.75, 3.05) is 20.2 Å². The molecule has 0 unspecified atom stereocenters. The van der Waals surface area contributed by atoms with E-state index in [-0.39, 0.29) is 22.9 Å². The number of allylic oxidation sites excluding steroid dienone is 4. The Kier molecular flexibility index (Phi) is 4.85. The molecule has 2 aromatic carbocycles. The van der Waals surface area contributed by atoms with Crippen molar-refractivity contribution in [2.45, 2.75) is 19.8 Å². The molecule has 0 bridgehead atoms. The first kappa shape index (κ1) is 20.1. The molecule has 1 aliphatic carbocycles. The molecule has 2 aliphatic rings. The highest BCUT2D eigenvalue weighted by molar-refractivity contribution is 6.43. The average molecular weight is 429 g/mol. The SMILES string of the molecule is COc1c(C(/C=C(\C)N2CCCC2)=C2C(=O)c3ccccc3C2=O)c(O)cc2occc12. The summed E-state index contributed by atoms with van der Waals surface area (Å²) in [5, 5.41) is 11.7. The summed E-state index contributed by atoms with van der Waals surface area (Å²) in [6.45, 7) is 3.79. The fourth-order valence-corrected chi connectivity index (χ4v) is 4.68. The number of fused-ring (bicyclic) bond motifs is 2. The second kappa shape index (κ2) is 7.71. The third-order valence-corrected chi connectivity index (χ3v) is 6.26. The number of ether oxygens (including phenoxy) is 1. The number of benzene rings is 2. The molecular weight excluding hydrogens is 406 g/mol. The van der Waals surface area contributed by atoms with Gasteiger partial charge in [0, 0.05) is 41.6 Å². The monoisotopic (exact) mass is 429 g/mol. The molecule has 2 heterocycles. The Morgan fingerprint density at radius 2 is 1.75 bits per heavy atom. The van der Waals surface area contributed by atoms with E-state index >= 15 is 0 Å². The van der Waals surface area contributed by atoms with E-state index in [1.165, 1.54) is 19.4 Å². The first-order chi connectivity index (χ1) is 15.5. The molecule has 1 fully saturated rings. The maximum absolute atomic E-state index is 13.4. The lowest BCUT2D eigenvalue weighted by Crippen LogP contribution is -2.17. The summed E-state index contributed by atoms with van der Waals surface area (Å²) >= 11 is 0. The summed E-state index contributed by atoms with van der Waals surface area (Å²) in [5.41, 5.74) is 2.85. The lowest BCUT2D eigenvalue weighted by molar-refractivity contribution is 0.0990. The van der Waals surface area contributed by atoms with Gasteiger partial charge in [-0.3, -0.25) is 9.59 Å². The Morgan fingerprint density at radius 3 is 2.38 bits per heavy atom. The van der Waals surface area contributed by atoms with Crippen LogP contribution >= 0.6 is 0 Å². The van der Waals surface area contributed by atoms with Gasteiger partial charge in [-0.15, -0.1) is 0 Å². The molecule has 6 nitrogen and oxygen atoms in total. The van der Waals surface area contributed by atoms with Crippen molar-refractivity contribution < 1.29 is 23.8 Å². The number of phenols is 1. The molecule has 1 aromatic heterocycles. The molecule has 1 saturated heterocycles. The number of furan rings is 1. The number of hydrogen-bond acceptors (Lipinski definition) is 6. The van der Waals surface area contributed by atoms with Gasteiger partial charge in [-0.1, -0.05) is 24.3 Å². The lowest BCUT2D eigenvalue weighted by Gasteiger charge is -2.20. The minimum atomic E-state index is -0.347. The van der Waals surface area contributed by atoms with Crippen LogP contribution in [-0.4, -0.2) is 41.8 Å². The molecule has 3 aromatic rings. The maximum Gasteiger partial charge on any atom is 0.198 e. The molecule has 0 spiro atoms. The molecule has 6 heteroatoms. The zero-order chi connectivity index (χ0) is 22.4. The van der Waals surface area contributed by atoms with Crippen LogP contribution in [0.5, 0.6) is 11.5 Å². The molecule has 0 amide bonds.